The van der Waals surface area contributed by atoms with Crippen LogP contribution in [0.3, 0.4) is 0 Å². The first-order valence-corrected chi connectivity index (χ1v) is 9.23. The summed E-state index contributed by atoms with van der Waals surface area (Å²) in [4.78, 5) is 12.2. The molecular formula is C19H21N3S. The smallest absolute Gasteiger partial charge is 0.160 e. The minimum absolute atomic E-state index is 0.0918. The minimum Gasteiger partial charge on any atom is -0.338 e. The molecule has 0 unspecified atom stereocenters. The molecule has 2 aliphatic rings. The molecule has 3 heterocycles. The fraction of sp³-hybridized carbons (Fsp3) is 0.368. The Labute approximate surface area is 141 Å². The van der Waals surface area contributed by atoms with Crippen LogP contribution in [0.2, 0.25) is 0 Å². The van der Waals surface area contributed by atoms with E-state index in [0.717, 1.165) is 17.9 Å². The van der Waals surface area contributed by atoms with Crippen molar-refractivity contribution in [2.24, 2.45) is 4.99 Å². The van der Waals surface area contributed by atoms with Crippen molar-refractivity contribution < 1.29 is 0 Å². The van der Waals surface area contributed by atoms with E-state index in [4.69, 9.17) is 4.99 Å². The first-order valence-electron chi connectivity index (χ1n) is 8.25. The molecule has 0 amide bonds. The third-order valence-corrected chi connectivity index (χ3v) is 5.96. The van der Waals surface area contributed by atoms with Crippen LogP contribution < -0.4 is 0 Å². The van der Waals surface area contributed by atoms with Crippen LogP contribution in [0.4, 0.5) is 0 Å². The number of aliphatic imine (C=N–C) groups is 1. The van der Waals surface area contributed by atoms with Gasteiger partial charge in [-0.2, -0.15) is 0 Å². The summed E-state index contributed by atoms with van der Waals surface area (Å²) < 4.78 is 0. The van der Waals surface area contributed by atoms with E-state index in [0.29, 0.717) is 6.04 Å². The summed E-state index contributed by atoms with van der Waals surface area (Å²) >= 11 is 1.90. The summed E-state index contributed by atoms with van der Waals surface area (Å²) in [6.45, 7) is 4.48. The molecule has 0 N–H and O–H groups in total. The highest BCUT2D eigenvalue weighted by molar-refractivity contribution is 8.14. The fourth-order valence-electron chi connectivity index (χ4n) is 3.61. The molecule has 4 heteroatoms. The molecule has 3 nitrogen and oxygen atoms in total. The standard InChI is InChI=1S/C19H21N3S/c1-3-14-12-23-19-21-17(16-10-6-7-11-20-16)18(22(14)19)15-9-5-4-8-13(15)2/h4-11,14,17-18H,3,12H2,1-2H3/t14-,17-,18+/m0/s1. The number of aromatic nitrogens is 1. The normalized spacial score (nSPS) is 26.3. The van der Waals surface area contributed by atoms with Crippen LogP contribution in [-0.4, -0.2) is 26.8 Å². The second kappa shape index (κ2) is 6.00. The predicted molar refractivity (Wildman–Crippen MR) is 96.7 cm³/mol. The summed E-state index contributed by atoms with van der Waals surface area (Å²) in [7, 11) is 0. The molecule has 3 atom stereocenters. The maximum atomic E-state index is 5.06. The Morgan fingerprint density at radius 3 is 2.74 bits per heavy atom. The molecule has 1 fully saturated rings. The Bertz CT molecular complexity index is 728. The molecule has 23 heavy (non-hydrogen) atoms. The number of aryl methyl sites for hydroxylation is 1. The van der Waals surface area contributed by atoms with E-state index in [1.54, 1.807) is 0 Å². The van der Waals surface area contributed by atoms with Gasteiger partial charge in [0, 0.05) is 18.0 Å². The lowest BCUT2D eigenvalue weighted by atomic mass is 9.92. The van der Waals surface area contributed by atoms with Gasteiger partial charge in [0.1, 0.15) is 6.04 Å². The van der Waals surface area contributed by atoms with Crippen LogP contribution in [-0.2, 0) is 0 Å². The number of fused-ring (bicyclic) bond motifs is 1. The number of hydrogen-bond acceptors (Lipinski definition) is 4. The summed E-state index contributed by atoms with van der Waals surface area (Å²) in [5.74, 6) is 1.15. The van der Waals surface area contributed by atoms with E-state index in [2.05, 4.69) is 60.1 Å². The average molecular weight is 323 g/mol. The molecule has 1 aromatic heterocycles. The van der Waals surface area contributed by atoms with E-state index in [9.17, 15) is 0 Å². The maximum Gasteiger partial charge on any atom is 0.160 e. The van der Waals surface area contributed by atoms with Crippen molar-refractivity contribution in [1.82, 2.24) is 9.88 Å². The van der Waals surface area contributed by atoms with Gasteiger partial charge in [-0.1, -0.05) is 49.0 Å². The Hall–Kier alpha value is -1.81. The van der Waals surface area contributed by atoms with Crippen LogP contribution in [0.25, 0.3) is 0 Å². The van der Waals surface area contributed by atoms with Crippen molar-refractivity contribution in [3.63, 3.8) is 0 Å². The van der Waals surface area contributed by atoms with Crippen molar-refractivity contribution in [1.29, 1.82) is 0 Å². The number of nitrogens with zero attached hydrogens (tertiary/aromatic N) is 3. The Balaban J connectivity index is 1.82. The Morgan fingerprint density at radius 2 is 2.00 bits per heavy atom. The maximum absolute atomic E-state index is 5.06. The van der Waals surface area contributed by atoms with Crippen molar-refractivity contribution in [2.75, 3.05) is 5.75 Å². The SMILES string of the molecule is CC[C@H]1CSC2=N[C@@H](c3ccccn3)[C@@H](c3ccccc3C)N21. The van der Waals surface area contributed by atoms with Crippen LogP contribution >= 0.6 is 11.8 Å². The molecule has 0 aliphatic carbocycles. The Morgan fingerprint density at radius 1 is 1.17 bits per heavy atom. The second-order valence-corrected chi connectivity index (χ2v) is 7.18. The van der Waals surface area contributed by atoms with Gasteiger partial charge >= 0.3 is 0 Å². The van der Waals surface area contributed by atoms with E-state index in [1.807, 2.05) is 24.0 Å². The molecule has 0 saturated carbocycles. The lowest BCUT2D eigenvalue weighted by Crippen LogP contribution is -2.35. The van der Waals surface area contributed by atoms with Gasteiger partial charge < -0.3 is 4.90 Å². The molecule has 1 saturated heterocycles. The summed E-state index contributed by atoms with van der Waals surface area (Å²) in [5, 5.41) is 1.20. The molecule has 2 aromatic rings. The van der Waals surface area contributed by atoms with E-state index < -0.39 is 0 Å². The highest BCUT2D eigenvalue weighted by Crippen LogP contribution is 2.48. The number of amidine groups is 1. The molecule has 118 valence electrons. The monoisotopic (exact) mass is 323 g/mol. The largest absolute Gasteiger partial charge is 0.338 e. The van der Waals surface area contributed by atoms with Crippen molar-refractivity contribution in [3.8, 4) is 0 Å². The van der Waals surface area contributed by atoms with E-state index in [1.165, 1.54) is 16.3 Å². The number of hydrogen-bond donors (Lipinski definition) is 0. The summed E-state index contributed by atoms with van der Waals surface area (Å²) in [6.07, 6.45) is 3.03. The highest BCUT2D eigenvalue weighted by Gasteiger charge is 2.45. The van der Waals surface area contributed by atoms with Gasteiger partial charge in [0.25, 0.3) is 0 Å². The summed E-state index contributed by atoms with van der Waals surface area (Å²) in [5.41, 5.74) is 3.78. The zero-order valence-electron chi connectivity index (χ0n) is 13.5. The molecule has 0 radical (unpaired) electrons. The van der Waals surface area contributed by atoms with Crippen molar-refractivity contribution >= 4 is 16.9 Å². The first kappa shape index (κ1) is 14.8. The zero-order valence-corrected chi connectivity index (χ0v) is 14.3. The first-order chi connectivity index (χ1) is 11.3. The molecular weight excluding hydrogens is 302 g/mol. The lowest BCUT2D eigenvalue weighted by Gasteiger charge is -2.32. The van der Waals surface area contributed by atoms with Crippen LogP contribution in [0.1, 0.15) is 42.2 Å². The van der Waals surface area contributed by atoms with Gasteiger partial charge in [0.2, 0.25) is 0 Å². The van der Waals surface area contributed by atoms with Crippen LogP contribution in [0.5, 0.6) is 0 Å². The topological polar surface area (TPSA) is 28.5 Å². The van der Waals surface area contributed by atoms with Gasteiger partial charge in [-0.3, -0.25) is 9.98 Å². The van der Waals surface area contributed by atoms with Crippen molar-refractivity contribution in [3.05, 3.63) is 65.5 Å². The van der Waals surface area contributed by atoms with E-state index in [-0.39, 0.29) is 12.1 Å². The summed E-state index contributed by atoms with van der Waals surface area (Å²) in [6, 6.07) is 15.8. The Kier molecular flexibility index (Phi) is 3.85. The third kappa shape index (κ3) is 2.45. The quantitative estimate of drug-likeness (QED) is 0.840. The molecule has 2 aliphatic heterocycles. The zero-order chi connectivity index (χ0) is 15.8. The number of rotatable bonds is 3. The van der Waals surface area contributed by atoms with Gasteiger partial charge in [0.15, 0.2) is 5.17 Å². The van der Waals surface area contributed by atoms with Crippen LogP contribution in [0, 0.1) is 6.92 Å². The molecule has 0 spiro atoms. The number of benzene rings is 1. The van der Waals surface area contributed by atoms with Gasteiger partial charge in [-0.15, -0.1) is 0 Å². The lowest BCUT2D eigenvalue weighted by molar-refractivity contribution is 0.254. The fourth-order valence-corrected chi connectivity index (χ4v) is 4.94. The molecule has 1 aromatic carbocycles. The van der Waals surface area contributed by atoms with Gasteiger partial charge in [0.05, 0.1) is 11.7 Å². The van der Waals surface area contributed by atoms with Gasteiger partial charge in [-0.05, 0) is 36.6 Å². The average Bonchev–Trinajstić information content (AvgIpc) is 3.15. The van der Waals surface area contributed by atoms with Crippen molar-refractivity contribution in [2.45, 2.75) is 38.4 Å². The highest BCUT2D eigenvalue weighted by atomic mass is 32.2. The minimum atomic E-state index is 0.0918. The van der Waals surface area contributed by atoms with Crippen LogP contribution in [0.15, 0.2) is 53.7 Å². The van der Waals surface area contributed by atoms with Gasteiger partial charge in [-0.25, -0.2) is 0 Å². The number of pyridine rings is 1. The second-order valence-electron chi connectivity index (χ2n) is 6.19. The number of thioether (sulfide) groups is 1. The molecule has 4 rings (SSSR count). The molecule has 0 bridgehead atoms. The third-order valence-electron chi connectivity index (χ3n) is 4.84. The predicted octanol–water partition coefficient (Wildman–Crippen LogP) is 4.37. The van der Waals surface area contributed by atoms with E-state index >= 15 is 0 Å².